The fraction of sp³-hybridized carbons (Fsp3) is 0.571. The van der Waals surface area contributed by atoms with Crippen LogP contribution in [0.2, 0.25) is 0 Å². The van der Waals surface area contributed by atoms with Crippen LogP contribution in [0.1, 0.15) is 20.8 Å². The maximum Gasteiger partial charge on any atom is 0.452 e. The Balaban J connectivity index is 0. The predicted octanol–water partition coefficient (Wildman–Crippen LogP) is 0.773. The zero-order valence-corrected chi connectivity index (χ0v) is 10.4. The van der Waals surface area contributed by atoms with Crippen LogP contribution in [0.3, 0.4) is 0 Å². The Kier molecular flexibility index (Phi) is 6.50. The van der Waals surface area contributed by atoms with Gasteiger partial charge in [0.05, 0.1) is 5.60 Å². The summed E-state index contributed by atoms with van der Waals surface area (Å²) < 4.78 is 30.2. The van der Waals surface area contributed by atoms with Crippen molar-refractivity contribution in [2.75, 3.05) is 0 Å². The first kappa shape index (κ1) is 16.2. The van der Waals surface area contributed by atoms with Gasteiger partial charge in [0.2, 0.25) is 0 Å². The summed E-state index contributed by atoms with van der Waals surface area (Å²) >= 11 is 0. The summed E-state index contributed by atoms with van der Waals surface area (Å²) in [6, 6.07) is 0. The largest absolute Gasteiger partial charge is 0.452 e. The van der Waals surface area contributed by atoms with Gasteiger partial charge in [0, 0.05) is 26.5 Å². The molecule has 86 valence electrons. The first-order chi connectivity index (χ1) is 5.66. The molecule has 0 fully saturated rings. The second kappa shape index (κ2) is 5.61. The van der Waals surface area contributed by atoms with Gasteiger partial charge in [-0.1, -0.05) is 6.58 Å². The van der Waals surface area contributed by atoms with E-state index in [9.17, 15) is 13.2 Å². The van der Waals surface area contributed by atoms with Crippen LogP contribution in [-0.4, -0.2) is 20.0 Å². The molecule has 0 aromatic heterocycles. The molecule has 5 nitrogen and oxygen atoms in total. The normalized spacial score (nSPS) is 11.4. The van der Waals surface area contributed by atoms with Gasteiger partial charge >= 0.3 is 16.4 Å². The van der Waals surface area contributed by atoms with Gasteiger partial charge in [0.15, 0.2) is 0 Å². The summed E-state index contributed by atoms with van der Waals surface area (Å²) in [6.45, 7) is 7.61. The standard InChI is InChI=1S/C7H12O5S.Pd/c1-5-6(8)11-13(9,10)12-7(2,3)4;/h5H,1H2,2-4H3;. The molecule has 0 aliphatic carbocycles. The smallest absolute Gasteiger partial charge is 0.321 e. The number of carbonyl (C=O) groups excluding carboxylic acids is 1. The van der Waals surface area contributed by atoms with Gasteiger partial charge < -0.3 is 4.18 Å². The first-order valence-corrected chi connectivity index (χ1v) is 4.81. The first-order valence-electron chi connectivity index (χ1n) is 3.48. The van der Waals surface area contributed by atoms with Gasteiger partial charge in [-0.15, -0.1) is 0 Å². The fourth-order valence-electron chi connectivity index (χ4n) is 0.458. The van der Waals surface area contributed by atoms with E-state index in [0.717, 1.165) is 6.08 Å². The van der Waals surface area contributed by atoms with Crippen molar-refractivity contribution in [1.82, 2.24) is 0 Å². The summed E-state index contributed by atoms with van der Waals surface area (Å²) in [5.74, 6) is -1.07. The Morgan fingerprint density at radius 3 is 2.07 bits per heavy atom. The predicted molar refractivity (Wildman–Crippen MR) is 46.0 cm³/mol. The van der Waals surface area contributed by atoms with E-state index < -0.39 is 22.0 Å². The molecule has 0 heterocycles. The van der Waals surface area contributed by atoms with E-state index in [-0.39, 0.29) is 20.4 Å². The number of rotatable bonds is 3. The molecular formula is C7H12O5PdS. The Labute approximate surface area is 97.5 Å². The van der Waals surface area contributed by atoms with Gasteiger partial charge in [-0.25, -0.2) is 8.98 Å². The molecule has 0 aromatic carbocycles. The zero-order chi connectivity index (χ0) is 10.7. The van der Waals surface area contributed by atoms with Gasteiger partial charge in [-0.2, -0.15) is 8.42 Å². The van der Waals surface area contributed by atoms with E-state index in [1.54, 1.807) is 0 Å². The van der Waals surface area contributed by atoms with Crippen LogP contribution in [0.15, 0.2) is 12.7 Å². The third kappa shape index (κ3) is 8.38. The van der Waals surface area contributed by atoms with Crippen molar-refractivity contribution < 1.29 is 42.0 Å². The van der Waals surface area contributed by atoms with Crippen molar-refractivity contribution in [3.8, 4) is 0 Å². The van der Waals surface area contributed by atoms with Crippen molar-refractivity contribution in [2.45, 2.75) is 26.4 Å². The van der Waals surface area contributed by atoms with Gasteiger partial charge in [-0.05, 0) is 20.8 Å². The maximum atomic E-state index is 10.9. The van der Waals surface area contributed by atoms with E-state index >= 15 is 0 Å². The molecule has 7 heteroatoms. The Morgan fingerprint density at radius 1 is 1.36 bits per heavy atom. The molecule has 0 saturated carbocycles. The third-order valence-corrected chi connectivity index (χ3v) is 1.78. The zero-order valence-electron chi connectivity index (χ0n) is 8.05. The topological polar surface area (TPSA) is 69.7 Å². The average molecular weight is 315 g/mol. The van der Waals surface area contributed by atoms with Gasteiger partial charge in [-0.3, -0.25) is 0 Å². The minimum absolute atomic E-state index is 0. The molecule has 0 atom stereocenters. The minimum Gasteiger partial charge on any atom is -0.321 e. The monoisotopic (exact) mass is 314 g/mol. The Morgan fingerprint density at radius 2 is 1.79 bits per heavy atom. The summed E-state index contributed by atoms with van der Waals surface area (Å²) in [5, 5.41) is 0. The molecule has 0 rings (SSSR count). The number of hydrogen-bond acceptors (Lipinski definition) is 5. The Hall–Kier alpha value is -0.218. The molecule has 0 saturated heterocycles. The second-order valence-electron chi connectivity index (χ2n) is 3.21. The molecule has 0 amide bonds. The molecule has 0 radical (unpaired) electrons. The molecule has 0 aromatic rings. The molecular weight excluding hydrogens is 303 g/mol. The Bertz CT molecular complexity index is 301. The average Bonchev–Trinajstić information content (AvgIpc) is 1.80. The molecule has 0 unspecified atom stereocenters. The van der Waals surface area contributed by atoms with Crippen LogP contribution >= 0.6 is 0 Å². The van der Waals surface area contributed by atoms with E-state index in [4.69, 9.17) is 0 Å². The van der Waals surface area contributed by atoms with Crippen molar-refractivity contribution in [2.24, 2.45) is 0 Å². The van der Waals surface area contributed by atoms with E-state index in [2.05, 4.69) is 14.9 Å². The number of hydrogen-bond donors (Lipinski definition) is 0. The van der Waals surface area contributed by atoms with Crippen molar-refractivity contribution >= 4 is 16.4 Å². The van der Waals surface area contributed by atoms with Crippen LogP contribution in [0.25, 0.3) is 0 Å². The SMILES string of the molecule is C=CC(=O)OS(=O)(=O)OC(C)(C)C.[Pd]. The summed E-state index contributed by atoms with van der Waals surface area (Å²) in [4.78, 5) is 10.5. The van der Waals surface area contributed by atoms with E-state index in [1.807, 2.05) is 0 Å². The maximum absolute atomic E-state index is 10.9. The van der Waals surface area contributed by atoms with E-state index in [1.165, 1.54) is 20.8 Å². The summed E-state index contributed by atoms with van der Waals surface area (Å²) in [7, 11) is -4.27. The number of carbonyl (C=O) groups is 1. The fourth-order valence-corrected chi connectivity index (χ4v) is 1.37. The minimum atomic E-state index is -4.27. The molecule has 0 aliphatic heterocycles. The van der Waals surface area contributed by atoms with Gasteiger partial charge in [0.1, 0.15) is 0 Å². The van der Waals surface area contributed by atoms with Crippen molar-refractivity contribution in [1.29, 1.82) is 0 Å². The molecule has 14 heavy (non-hydrogen) atoms. The molecule has 0 N–H and O–H groups in total. The molecule has 0 bridgehead atoms. The third-order valence-electron chi connectivity index (χ3n) is 0.703. The van der Waals surface area contributed by atoms with E-state index in [0.29, 0.717) is 0 Å². The van der Waals surface area contributed by atoms with Crippen molar-refractivity contribution in [3.05, 3.63) is 12.7 Å². The second-order valence-corrected chi connectivity index (χ2v) is 4.36. The van der Waals surface area contributed by atoms with Crippen LogP contribution < -0.4 is 0 Å². The summed E-state index contributed by atoms with van der Waals surface area (Å²) in [6.07, 6.45) is 0.740. The van der Waals surface area contributed by atoms with Crippen LogP contribution in [-0.2, 0) is 44.0 Å². The van der Waals surface area contributed by atoms with Crippen LogP contribution in [0, 0.1) is 0 Å². The van der Waals surface area contributed by atoms with Crippen molar-refractivity contribution in [3.63, 3.8) is 0 Å². The van der Waals surface area contributed by atoms with Crippen LogP contribution in [0.5, 0.6) is 0 Å². The molecule has 0 spiro atoms. The summed E-state index contributed by atoms with van der Waals surface area (Å²) in [5.41, 5.74) is -0.930. The quantitative estimate of drug-likeness (QED) is 0.568. The molecule has 0 aliphatic rings. The van der Waals surface area contributed by atoms with Gasteiger partial charge in [0.25, 0.3) is 0 Å². The van der Waals surface area contributed by atoms with Crippen LogP contribution in [0.4, 0.5) is 0 Å².